The first-order valence-electron chi connectivity index (χ1n) is 6.39. The monoisotopic (exact) mass is 311 g/mol. The maximum atomic E-state index is 10.3. The Morgan fingerprint density at radius 2 is 1.86 bits per heavy atom. The van der Waals surface area contributed by atoms with Gasteiger partial charge in [0.2, 0.25) is 0 Å². The molecule has 0 saturated heterocycles. The van der Waals surface area contributed by atoms with Crippen molar-refractivity contribution in [3.05, 3.63) is 29.8 Å². The summed E-state index contributed by atoms with van der Waals surface area (Å²) in [5.74, 6) is -2.10. The van der Waals surface area contributed by atoms with Gasteiger partial charge in [-0.1, -0.05) is 12.1 Å². The summed E-state index contributed by atoms with van der Waals surface area (Å²) in [6.45, 7) is 0.482. The molecule has 9 nitrogen and oxygen atoms in total. The molecule has 1 atom stereocenters. The summed E-state index contributed by atoms with van der Waals surface area (Å²) in [5.41, 5.74) is 16.0. The number of guanidine groups is 1. The van der Waals surface area contributed by atoms with Gasteiger partial charge in [-0.05, 0) is 25.0 Å². The second-order valence-corrected chi connectivity index (χ2v) is 4.32. The number of aliphatic carboxylic acids is 1. The predicted octanol–water partition coefficient (Wildman–Crippen LogP) is -0.371. The molecule has 0 saturated carbocycles. The van der Waals surface area contributed by atoms with Crippen LogP contribution in [-0.4, -0.2) is 40.7 Å². The smallest absolute Gasteiger partial charge is 0.337 e. The number of nitrogen functional groups attached to an aromatic ring is 1. The third-order valence-corrected chi connectivity index (χ3v) is 2.52. The maximum Gasteiger partial charge on any atom is 0.337 e. The van der Waals surface area contributed by atoms with Crippen molar-refractivity contribution in [1.29, 1.82) is 5.41 Å². The van der Waals surface area contributed by atoms with Gasteiger partial charge in [0.15, 0.2) is 5.96 Å². The number of hydrogen-bond donors (Lipinski definition) is 7. The van der Waals surface area contributed by atoms with Gasteiger partial charge in [0, 0.05) is 12.2 Å². The van der Waals surface area contributed by atoms with Crippen LogP contribution in [0.25, 0.3) is 0 Å². The molecule has 9 heteroatoms. The lowest BCUT2D eigenvalue weighted by atomic mass is 10.2. The van der Waals surface area contributed by atoms with Gasteiger partial charge < -0.3 is 32.7 Å². The molecule has 10 N–H and O–H groups in total. The van der Waals surface area contributed by atoms with E-state index < -0.39 is 18.0 Å². The highest BCUT2D eigenvalue weighted by atomic mass is 16.4. The fourth-order valence-corrected chi connectivity index (χ4v) is 1.36. The minimum atomic E-state index is -1.00. The van der Waals surface area contributed by atoms with Crippen molar-refractivity contribution in [2.45, 2.75) is 18.9 Å². The summed E-state index contributed by atoms with van der Waals surface area (Å²) in [6.07, 6.45) is 0.975. The van der Waals surface area contributed by atoms with E-state index >= 15 is 0 Å². The Hall–Kier alpha value is -2.81. The Kier molecular flexibility index (Phi) is 8.72. The van der Waals surface area contributed by atoms with Crippen LogP contribution in [0.4, 0.5) is 5.69 Å². The summed E-state index contributed by atoms with van der Waals surface area (Å²) in [7, 11) is 0. The highest BCUT2D eigenvalue weighted by Crippen LogP contribution is 2.09. The number of aromatic carboxylic acids is 1. The highest BCUT2D eigenvalue weighted by molar-refractivity contribution is 5.93. The van der Waals surface area contributed by atoms with Gasteiger partial charge in [-0.15, -0.1) is 0 Å². The van der Waals surface area contributed by atoms with Crippen LogP contribution in [0.3, 0.4) is 0 Å². The molecule has 0 aliphatic heterocycles. The average molecular weight is 311 g/mol. The number of benzene rings is 1. The van der Waals surface area contributed by atoms with E-state index in [-0.39, 0.29) is 11.5 Å². The molecule has 0 aliphatic rings. The number of rotatable bonds is 6. The Bertz CT molecular complexity index is 521. The van der Waals surface area contributed by atoms with E-state index in [1.807, 2.05) is 0 Å². The first-order chi connectivity index (χ1) is 10.3. The third-order valence-electron chi connectivity index (χ3n) is 2.52. The predicted molar refractivity (Wildman–Crippen MR) is 82.6 cm³/mol. The first kappa shape index (κ1) is 19.2. The van der Waals surface area contributed by atoms with Gasteiger partial charge in [0.1, 0.15) is 6.04 Å². The number of nitrogens with one attached hydrogen (secondary N) is 2. The SMILES string of the molecule is N=C(N)NCCCC(N)C(=O)O.Nc1ccccc1C(=O)O. The fourth-order valence-electron chi connectivity index (χ4n) is 1.36. The van der Waals surface area contributed by atoms with Gasteiger partial charge in [-0.3, -0.25) is 10.2 Å². The lowest BCUT2D eigenvalue weighted by molar-refractivity contribution is -0.138. The molecule has 0 spiro atoms. The zero-order valence-corrected chi connectivity index (χ0v) is 12.0. The molecule has 0 radical (unpaired) electrons. The molecule has 0 aliphatic carbocycles. The van der Waals surface area contributed by atoms with Gasteiger partial charge in [0.05, 0.1) is 5.56 Å². The average Bonchev–Trinajstić information content (AvgIpc) is 2.44. The molecule has 1 aromatic carbocycles. The van der Waals surface area contributed by atoms with Crippen LogP contribution in [0.2, 0.25) is 0 Å². The zero-order valence-electron chi connectivity index (χ0n) is 12.0. The van der Waals surface area contributed by atoms with Crippen LogP contribution in [-0.2, 0) is 4.79 Å². The number of carboxylic acid groups (broad SMARTS) is 2. The molecule has 0 bridgehead atoms. The molecule has 0 heterocycles. The molecule has 1 rings (SSSR count). The topological polar surface area (TPSA) is 189 Å². The molecular weight excluding hydrogens is 290 g/mol. The van der Waals surface area contributed by atoms with Crippen molar-refractivity contribution >= 4 is 23.6 Å². The van der Waals surface area contributed by atoms with Crippen molar-refractivity contribution in [1.82, 2.24) is 5.32 Å². The maximum absolute atomic E-state index is 10.3. The normalized spacial score (nSPS) is 10.8. The second kappa shape index (κ2) is 10.00. The van der Waals surface area contributed by atoms with Gasteiger partial charge in [0.25, 0.3) is 0 Å². The van der Waals surface area contributed by atoms with Crippen molar-refractivity contribution < 1.29 is 19.8 Å². The van der Waals surface area contributed by atoms with Gasteiger partial charge in [-0.2, -0.15) is 0 Å². The molecule has 22 heavy (non-hydrogen) atoms. The van der Waals surface area contributed by atoms with E-state index in [1.54, 1.807) is 18.2 Å². The summed E-state index contributed by atoms with van der Waals surface area (Å²) in [5, 5.41) is 26.2. The van der Waals surface area contributed by atoms with Crippen LogP contribution in [0.5, 0.6) is 0 Å². The minimum Gasteiger partial charge on any atom is -0.480 e. The van der Waals surface area contributed by atoms with E-state index in [4.69, 9.17) is 32.8 Å². The fraction of sp³-hybridized carbons (Fsp3) is 0.308. The standard InChI is InChI=1S/C7H7NO2.C6H14N4O2/c8-6-4-2-1-3-5(6)7(9)10;7-4(5(11)12)2-1-3-10-6(8)9/h1-4H,8H2,(H,9,10);4H,1-3,7H2,(H,11,12)(H4,8,9,10). The summed E-state index contributed by atoms with van der Waals surface area (Å²) in [4.78, 5) is 20.6. The van der Waals surface area contributed by atoms with Gasteiger partial charge >= 0.3 is 11.9 Å². The van der Waals surface area contributed by atoms with Crippen LogP contribution in [0.15, 0.2) is 24.3 Å². The van der Waals surface area contributed by atoms with Crippen molar-refractivity contribution in [2.24, 2.45) is 11.5 Å². The van der Waals surface area contributed by atoms with Crippen LogP contribution in [0.1, 0.15) is 23.2 Å². The number of hydrogen-bond acceptors (Lipinski definition) is 5. The third kappa shape index (κ3) is 8.38. The molecule has 1 unspecified atom stereocenters. The molecule has 1 aromatic rings. The number of nitrogens with two attached hydrogens (primary N) is 3. The number of carbonyl (C=O) groups is 2. The Morgan fingerprint density at radius 3 is 2.27 bits per heavy atom. The quantitative estimate of drug-likeness (QED) is 0.160. The first-order valence-corrected chi connectivity index (χ1v) is 6.39. The largest absolute Gasteiger partial charge is 0.480 e. The number of para-hydroxylation sites is 1. The van der Waals surface area contributed by atoms with Crippen molar-refractivity contribution in [2.75, 3.05) is 12.3 Å². The number of carboxylic acids is 2. The van der Waals surface area contributed by atoms with E-state index in [2.05, 4.69) is 5.32 Å². The summed E-state index contributed by atoms with van der Waals surface area (Å²) in [6, 6.07) is 5.54. The van der Waals surface area contributed by atoms with Gasteiger partial charge in [-0.25, -0.2) is 4.79 Å². The molecular formula is C13H21N5O4. The van der Waals surface area contributed by atoms with Crippen LogP contribution in [0, 0.1) is 5.41 Å². The van der Waals surface area contributed by atoms with E-state index in [9.17, 15) is 9.59 Å². The summed E-state index contributed by atoms with van der Waals surface area (Å²) < 4.78 is 0. The Balaban J connectivity index is 0.000000406. The lowest BCUT2D eigenvalue weighted by Crippen LogP contribution is -2.34. The summed E-state index contributed by atoms with van der Waals surface area (Å²) >= 11 is 0. The molecule has 0 amide bonds. The Labute approximate surface area is 127 Å². The molecule has 0 fully saturated rings. The molecule has 0 aromatic heterocycles. The van der Waals surface area contributed by atoms with Crippen molar-refractivity contribution in [3.63, 3.8) is 0 Å². The zero-order chi connectivity index (χ0) is 17.1. The van der Waals surface area contributed by atoms with Crippen LogP contribution < -0.4 is 22.5 Å². The van der Waals surface area contributed by atoms with E-state index in [0.717, 1.165) is 0 Å². The minimum absolute atomic E-state index is 0.112. The van der Waals surface area contributed by atoms with E-state index in [1.165, 1.54) is 6.07 Å². The second-order valence-electron chi connectivity index (χ2n) is 4.32. The van der Waals surface area contributed by atoms with E-state index in [0.29, 0.717) is 25.1 Å². The number of anilines is 1. The Morgan fingerprint density at radius 1 is 1.27 bits per heavy atom. The highest BCUT2D eigenvalue weighted by Gasteiger charge is 2.09. The van der Waals surface area contributed by atoms with Crippen LogP contribution >= 0.6 is 0 Å². The lowest BCUT2D eigenvalue weighted by Gasteiger charge is -2.06. The van der Waals surface area contributed by atoms with Crippen molar-refractivity contribution in [3.8, 4) is 0 Å². The molecule has 122 valence electrons.